The van der Waals surface area contributed by atoms with Gasteiger partial charge in [0.25, 0.3) is 0 Å². The SMILES string of the molecule is CC(=O)C1(c2ccc(Cl)cc2)C=CC=CC1Br. The number of benzene rings is 1. The van der Waals surface area contributed by atoms with E-state index in [4.69, 9.17) is 11.6 Å². The predicted molar refractivity (Wildman–Crippen MR) is 74.8 cm³/mol. The molecule has 88 valence electrons. The number of Topliss-reactive ketones (excluding diaryl/α,β-unsaturated/α-hetero) is 1. The number of ketones is 1. The summed E-state index contributed by atoms with van der Waals surface area (Å²) >= 11 is 9.46. The van der Waals surface area contributed by atoms with E-state index in [2.05, 4.69) is 15.9 Å². The highest BCUT2D eigenvalue weighted by atomic mass is 79.9. The number of carbonyl (C=O) groups excluding carboxylic acids is 1. The number of alkyl halides is 1. The van der Waals surface area contributed by atoms with Crippen molar-refractivity contribution in [3.05, 3.63) is 59.2 Å². The van der Waals surface area contributed by atoms with Crippen LogP contribution in [0.5, 0.6) is 0 Å². The van der Waals surface area contributed by atoms with Gasteiger partial charge in [-0.2, -0.15) is 0 Å². The maximum Gasteiger partial charge on any atom is 0.145 e. The number of halogens is 2. The van der Waals surface area contributed by atoms with Crippen LogP contribution >= 0.6 is 27.5 Å². The lowest BCUT2D eigenvalue weighted by Crippen LogP contribution is -2.41. The van der Waals surface area contributed by atoms with Gasteiger partial charge < -0.3 is 0 Å². The maximum atomic E-state index is 12.1. The van der Waals surface area contributed by atoms with Gasteiger partial charge in [-0.25, -0.2) is 0 Å². The van der Waals surface area contributed by atoms with Crippen molar-refractivity contribution in [2.45, 2.75) is 17.2 Å². The molecule has 1 aromatic carbocycles. The summed E-state index contributed by atoms with van der Waals surface area (Å²) in [6.07, 6.45) is 7.78. The summed E-state index contributed by atoms with van der Waals surface area (Å²) in [4.78, 5) is 12.0. The van der Waals surface area contributed by atoms with E-state index in [0.29, 0.717) is 5.02 Å². The van der Waals surface area contributed by atoms with Gasteiger partial charge in [-0.3, -0.25) is 4.79 Å². The van der Waals surface area contributed by atoms with Crippen molar-refractivity contribution in [3.8, 4) is 0 Å². The fourth-order valence-corrected chi connectivity index (χ4v) is 3.15. The molecule has 2 rings (SSSR count). The lowest BCUT2D eigenvalue weighted by molar-refractivity contribution is -0.120. The molecular formula is C14H12BrClO. The van der Waals surface area contributed by atoms with Gasteiger partial charge in [-0.15, -0.1) is 0 Å². The van der Waals surface area contributed by atoms with Crippen molar-refractivity contribution in [1.29, 1.82) is 0 Å². The van der Waals surface area contributed by atoms with Gasteiger partial charge in [0.2, 0.25) is 0 Å². The zero-order valence-corrected chi connectivity index (χ0v) is 11.7. The highest BCUT2D eigenvalue weighted by Gasteiger charge is 2.41. The van der Waals surface area contributed by atoms with Gasteiger partial charge in [0.1, 0.15) is 5.78 Å². The maximum absolute atomic E-state index is 12.1. The van der Waals surface area contributed by atoms with E-state index in [-0.39, 0.29) is 10.6 Å². The van der Waals surface area contributed by atoms with E-state index in [0.717, 1.165) is 5.56 Å². The van der Waals surface area contributed by atoms with Crippen LogP contribution < -0.4 is 0 Å². The van der Waals surface area contributed by atoms with Crippen LogP contribution in [0, 0.1) is 0 Å². The molecule has 0 heterocycles. The van der Waals surface area contributed by atoms with Crippen molar-refractivity contribution in [2.24, 2.45) is 0 Å². The van der Waals surface area contributed by atoms with Crippen LogP contribution in [0.2, 0.25) is 5.02 Å². The lowest BCUT2D eigenvalue weighted by Gasteiger charge is -2.33. The highest BCUT2D eigenvalue weighted by molar-refractivity contribution is 9.09. The second-order valence-electron chi connectivity index (χ2n) is 4.08. The second-order valence-corrected chi connectivity index (χ2v) is 5.50. The van der Waals surface area contributed by atoms with Gasteiger partial charge in [0, 0.05) is 5.02 Å². The minimum absolute atomic E-state index is 0.0290. The molecule has 0 saturated heterocycles. The average molecular weight is 312 g/mol. The summed E-state index contributed by atoms with van der Waals surface area (Å²) in [5.74, 6) is 0.113. The smallest absolute Gasteiger partial charge is 0.145 e. The van der Waals surface area contributed by atoms with Gasteiger partial charge in [-0.1, -0.05) is 64.0 Å². The summed E-state index contributed by atoms with van der Waals surface area (Å²) in [5.41, 5.74) is 0.330. The fourth-order valence-electron chi connectivity index (χ4n) is 2.11. The highest BCUT2D eigenvalue weighted by Crippen LogP contribution is 2.38. The topological polar surface area (TPSA) is 17.1 Å². The monoisotopic (exact) mass is 310 g/mol. The summed E-state index contributed by atoms with van der Waals surface area (Å²) in [5, 5.41) is 0.675. The summed E-state index contributed by atoms with van der Waals surface area (Å²) in [6.45, 7) is 1.62. The molecule has 0 fully saturated rings. The van der Waals surface area contributed by atoms with Gasteiger partial charge in [0.15, 0.2) is 0 Å². The zero-order valence-electron chi connectivity index (χ0n) is 9.36. The Labute approximate surface area is 114 Å². The van der Waals surface area contributed by atoms with Gasteiger partial charge >= 0.3 is 0 Å². The predicted octanol–water partition coefficient (Wildman–Crippen LogP) is 4.06. The number of rotatable bonds is 2. The Morgan fingerprint density at radius 3 is 2.47 bits per heavy atom. The van der Waals surface area contributed by atoms with E-state index in [1.165, 1.54) is 0 Å². The van der Waals surface area contributed by atoms with Crippen LogP contribution in [0.25, 0.3) is 0 Å². The van der Waals surface area contributed by atoms with Crippen molar-refractivity contribution in [2.75, 3.05) is 0 Å². The van der Waals surface area contributed by atoms with Crippen LogP contribution in [-0.4, -0.2) is 10.6 Å². The third-order valence-corrected chi connectivity index (χ3v) is 4.37. The van der Waals surface area contributed by atoms with Crippen LogP contribution in [0.3, 0.4) is 0 Å². The number of hydrogen-bond acceptors (Lipinski definition) is 1. The number of hydrogen-bond donors (Lipinski definition) is 0. The summed E-state index contributed by atoms with van der Waals surface area (Å²) in [7, 11) is 0. The average Bonchev–Trinajstić information content (AvgIpc) is 2.31. The fraction of sp³-hybridized carbons (Fsp3) is 0.214. The second kappa shape index (κ2) is 4.79. The minimum atomic E-state index is -0.626. The quantitative estimate of drug-likeness (QED) is 0.753. The molecule has 3 heteroatoms. The molecule has 0 radical (unpaired) electrons. The van der Waals surface area contributed by atoms with E-state index in [1.54, 1.807) is 6.92 Å². The van der Waals surface area contributed by atoms with E-state index in [9.17, 15) is 4.79 Å². The van der Waals surface area contributed by atoms with Gasteiger partial charge in [0.05, 0.1) is 10.2 Å². The molecule has 17 heavy (non-hydrogen) atoms. The molecule has 1 nitrogen and oxygen atoms in total. The number of allylic oxidation sites excluding steroid dienone is 4. The Balaban J connectivity index is 2.56. The molecule has 0 spiro atoms. The first-order valence-corrected chi connectivity index (χ1v) is 6.64. The Morgan fingerprint density at radius 1 is 1.29 bits per heavy atom. The molecule has 0 saturated carbocycles. The van der Waals surface area contributed by atoms with Crippen LogP contribution in [0.1, 0.15) is 12.5 Å². The lowest BCUT2D eigenvalue weighted by atomic mass is 9.72. The Kier molecular flexibility index (Phi) is 3.55. The van der Waals surface area contributed by atoms with E-state index in [1.807, 2.05) is 48.6 Å². The third-order valence-electron chi connectivity index (χ3n) is 3.09. The van der Waals surface area contributed by atoms with E-state index >= 15 is 0 Å². The molecule has 1 aromatic rings. The molecule has 0 N–H and O–H groups in total. The van der Waals surface area contributed by atoms with Crippen molar-refractivity contribution in [1.82, 2.24) is 0 Å². The Hall–Kier alpha value is -0.860. The zero-order chi connectivity index (χ0) is 12.5. The van der Waals surface area contributed by atoms with Gasteiger partial charge in [-0.05, 0) is 24.6 Å². The van der Waals surface area contributed by atoms with Crippen LogP contribution in [0.15, 0.2) is 48.6 Å². The molecule has 1 aliphatic carbocycles. The molecule has 2 unspecified atom stereocenters. The van der Waals surface area contributed by atoms with E-state index < -0.39 is 5.41 Å². The first-order valence-electron chi connectivity index (χ1n) is 5.34. The molecule has 2 atom stereocenters. The summed E-state index contributed by atoms with van der Waals surface area (Å²) in [6, 6.07) is 7.43. The Morgan fingerprint density at radius 2 is 1.94 bits per heavy atom. The molecule has 0 amide bonds. The van der Waals surface area contributed by atoms with Crippen molar-refractivity contribution >= 4 is 33.3 Å². The summed E-state index contributed by atoms with van der Waals surface area (Å²) < 4.78 is 0. The van der Waals surface area contributed by atoms with Crippen LogP contribution in [-0.2, 0) is 10.2 Å². The largest absolute Gasteiger partial charge is 0.299 e. The minimum Gasteiger partial charge on any atom is -0.299 e. The molecule has 1 aliphatic rings. The first-order chi connectivity index (χ1) is 8.07. The molecule has 0 aromatic heterocycles. The third kappa shape index (κ3) is 2.12. The van der Waals surface area contributed by atoms with Crippen molar-refractivity contribution in [3.63, 3.8) is 0 Å². The number of carbonyl (C=O) groups is 1. The van der Waals surface area contributed by atoms with Crippen LogP contribution in [0.4, 0.5) is 0 Å². The molecular weight excluding hydrogens is 300 g/mol. The molecule has 0 aliphatic heterocycles. The normalized spacial score (nSPS) is 27.1. The first kappa shape index (κ1) is 12.6. The molecule has 0 bridgehead atoms. The Bertz CT molecular complexity index is 489. The standard InChI is InChI=1S/C14H12BrClO/c1-10(17)14(9-3-2-4-13(14)15)11-5-7-12(16)8-6-11/h2-9,13H,1H3. The van der Waals surface area contributed by atoms with Crippen molar-refractivity contribution < 1.29 is 4.79 Å².